The standard InChI is InChI=1S/C14H19F2N5O2S/c1-20(2)6-5-19-24(22,23)13-7-11(17)3-4-12(13)10-8-18-21(9-10)14(15)16/h3-4,7-9,14,19H,5-6,17H2,1-2H3. The van der Waals surface area contributed by atoms with Crippen LogP contribution >= 0.6 is 0 Å². The average Bonchev–Trinajstić information content (AvgIpc) is 2.96. The number of likely N-dealkylation sites (N-methyl/N-ethyl adjacent to an activating group) is 1. The fourth-order valence-electron chi connectivity index (χ4n) is 2.06. The number of hydrogen-bond donors (Lipinski definition) is 2. The molecule has 0 radical (unpaired) electrons. The molecule has 0 aliphatic heterocycles. The fourth-order valence-corrected chi connectivity index (χ4v) is 3.35. The molecule has 1 heterocycles. The normalized spacial score (nSPS) is 12.2. The Kier molecular flexibility index (Phi) is 5.52. The third-order valence-corrected chi connectivity index (χ3v) is 4.76. The molecule has 0 saturated heterocycles. The van der Waals surface area contributed by atoms with Crippen molar-refractivity contribution in [1.29, 1.82) is 0 Å². The van der Waals surface area contributed by atoms with Gasteiger partial charge >= 0.3 is 6.55 Å². The molecule has 10 heteroatoms. The predicted molar refractivity (Wildman–Crippen MR) is 87.1 cm³/mol. The summed E-state index contributed by atoms with van der Waals surface area (Å²) in [6, 6.07) is 4.28. The zero-order valence-electron chi connectivity index (χ0n) is 13.3. The second-order valence-corrected chi connectivity index (χ2v) is 7.18. The first-order valence-electron chi connectivity index (χ1n) is 7.07. The van der Waals surface area contributed by atoms with Crippen LogP contribution in [0.5, 0.6) is 0 Å². The predicted octanol–water partition coefficient (Wildman–Crippen LogP) is 1.37. The Morgan fingerprint density at radius 2 is 2.08 bits per heavy atom. The molecule has 0 saturated carbocycles. The maximum Gasteiger partial charge on any atom is 0.333 e. The largest absolute Gasteiger partial charge is 0.399 e. The molecule has 7 nitrogen and oxygen atoms in total. The number of benzene rings is 1. The number of aromatic nitrogens is 2. The van der Waals surface area contributed by atoms with Crippen LogP contribution < -0.4 is 10.5 Å². The summed E-state index contributed by atoms with van der Waals surface area (Å²) in [7, 11) is -0.213. The number of hydrogen-bond acceptors (Lipinski definition) is 5. The Hall–Kier alpha value is -2.04. The summed E-state index contributed by atoms with van der Waals surface area (Å²) < 4.78 is 53.4. The van der Waals surface area contributed by atoms with Gasteiger partial charge in [0.25, 0.3) is 0 Å². The summed E-state index contributed by atoms with van der Waals surface area (Å²) in [5.74, 6) is 0. The third-order valence-electron chi connectivity index (χ3n) is 3.26. The molecule has 1 aromatic carbocycles. The van der Waals surface area contributed by atoms with Crippen molar-refractivity contribution in [2.24, 2.45) is 0 Å². The molecule has 132 valence electrons. The molecule has 0 aliphatic rings. The van der Waals surface area contributed by atoms with E-state index < -0.39 is 16.6 Å². The van der Waals surface area contributed by atoms with Crippen LogP contribution in [0.4, 0.5) is 14.5 Å². The van der Waals surface area contributed by atoms with E-state index in [2.05, 4.69) is 9.82 Å². The van der Waals surface area contributed by atoms with Crippen molar-refractivity contribution < 1.29 is 17.2 Å². The SMILES string of the molecule is CN(C)CCNS(=O)(=O)c1cc(N)ccc1-c1cnn(C(F)F)c1. The van der Waals surface area contributed by atoms with Crippen LogP contribution in [0.3, 0.4) is 0 Å². The Labute approximate surface area is 139 Å². The van der Waals surface area contributed by atoms with Gasteiger partial charge in [0.2, 0.25) is 10.0 Å². The van der Waals surface area contributed by atoms with Gasteiger partial charge in [0, 0.05) is 36.1 Å². The molecule has 1 aromatic heterocycles. The molecule has 2 aromatic rings. The average molecular weight is 359 g/mol. The molecular formula is C14H19F2N5O2S. The van der Waals surface area contributed by atoms with Gasteiger partial charge in [-0.2, -0.15) is 13.9 Å². The van der Waals surface area contributed by atoms with E-state index in [0.29, 0.717) is 11.2 Å². The van der Waals surface area contributed by atoms with Gasteiger partial charge in [-0.15, -0.1) is 0 Å². The van der Waals surface area contributed by atoms with Crippen LogP contribution in [0.25, 0.3) is 11.1 Å². The minimum Gasteiger partial charge on any atom is -0.399 e. The highest BCUT2D eigenvalue weighted by Crippen LogP contribution is 2.29. The van der Waals surface area contributed by atoms with Crippen molar-refractivity contribution in [3.05, 3.63) is 30.6 Å². The maximum absolute atomic E-state index is 12.7. The van der Waals surface area contributed by atoms with E-state index in [9.17, 15) is 17.2 Å². The quantitative estimate of drug-likeness (QED) is 0.728. The Morgan fingerprint density at radius 3 is 2.67 bits per heavy atom. The minimum atomic E-state index is -3.85. The van der Waals surface area contributed by atoms with Gasteiger partial charge in [0.15, 0.2) is 0 Å². The second-order valence-electron chi connectivity index (χ2n) is 5.44. The molecule has 0 fully saturated rings. The number of anilines is 1. The molecule has 0 amide bonds. The molecule has 0 atom stereocenters. The number of halogens is 2. The first kappa shape index (κ1) is 18.3. The zero-order chi connectivity index (χ0) is 17.9. The van der Waals surface area contributed by atoms with Crippen LogP contribution in [-0.2, 0) is 10.0 Å². The lowest BCUT2D eigenvalue weighted by Gasteiger charge is -2.13. The summed E-state index contributed by atoms with van der Waals surface area (Å²) in [4.78, 5) is 1.75. The zero-order valence-corrected chi connectivity index (χ0v) is 14.1. The second kappa shape index (κ2) is 7.24. The lowest BCUT2D eigenvalue weighted by molar-refractivity contribution is 0.0566. The molecule has 0 spiro atoms. The number of nitrogens with one attached hydrogen (secondary N) is 1. The Morgan fingerprint density at radius 1 is 1.38 bits per heavy atom. The first-order valence-corrected chi connectivity index (χ1v) is 8.55. The van der Waals surface area contributed by atoms with Crippen LogP contribution in [-0.4, -0.2) is 50.3 Å². The molecule has 24 heavy (non-hydrogen) atoms. The van der Waals surface area contributed by atoms with E-state index in [0.717, 1.165) is 6.20 Å². The van der Waals surface area contributed by atoms with Crippen molar-refractivity contribution >= 4 is 15.7 Å². The molecule has 0 unspecified atom stereocenters. The van der Waals surface area contributed by atoms with E-state index in [-0.39, 0.29) is 28.3 Å². The number of alkyl halides is 2. The highest BCUT2D eigenvalue weighted by atomic mass is 32.2. The summed E-state index contributed by atoms with van der Waals surface area (Å²) in [6.45, 7) is -2.08. The van der Waals surface area contributed by atoms with Gasteiger partial charge in [-0.3, -0.25) is 0 Å². The third kappa shape index (κ3) is 4.28. The maximum atomic E-state index is 12.7. The topological polar surface area (TPSA) is 93.2 Å². The van der Waals surface area contributed by atoms with Crippen molar-refractivity contribution in [3.63, 3.8) is 0 Å². The lowest BCUT2D eigenvalue weighted by atomic mass is 10.1. The summed E-state index contributed by atoms with van der Waals surface area (Å²) in [5.41, 5.74) is 6.47. The number of rotatable bonds is 7. The van der Waals surface area contributed by atoms with E-state index >= 15 is 0 Å². The summed E-state index contributed by atoms with van der Waals surface area (Å²) >= 11 is 0. The van der Waals surface area contributed by atoms with E-state index in [4.69, 9.17) is 5.73 Å². The molecular weight excluding hydrogens is 340 g/mol. The van der Waals surface area contributed by atoms with Gasteiger partial charge in [-0.25, -0.2) is 17.8 Å². The van der Waals surface area contributed by atoms with Gasteiger partial charge in [0.1, 0.15) is 0 Å². The number of nitrogen functional groups attached to an aromatic ring is 1. The highest BCUT2D eigenvalue weighted by molar-refractivity contribution is 7.89. The van der Waals surface area contributed by atoms with E-state index in [1.54, 1.807) is 0 Å². The van der Waals surface area contributed by atoms with Crippen LogP contribution in [0, 0.1) is 0 Å². The van der Waals surface area contributed by atoms with E-state index in [1.165, 1.54) is 24.4 Å². The molecule has 0 aliphatic carbocycles. The van der Waals surface area contributed by atoms with Crippen LogP contribution in [0.2, 0.25) is 0 Å². The minimum absolute atomic E-state index is 0.0740. The number of nitrogens with two attached hydrogens (primary N) is 1. The number of nitrogens with zero attached hydrogens (tertiary/aromatic N) is 3. The number of sulfonamides is 1. The fraction of sp³-hybridized carbons (Fsp3) is 0.357. The van der Waals surface area contributed by atoms with Gasteiger partial charge in [0.05, 0.1) is 11.1 Å². The van der Waals surface area contributed by atoms with Gasteiger partial charge in [-0.05, 0) is 26.2 Å². The summed E-state index contributed by atoms with van der Waals surface area (Å²) in [6.07, 6.45) is 2.28. The monoisotopic (exact) mass is 359 g/mol. The van der Waals surface area contributed by atoms with Crippen LogP contribution in [0.15, 0.2) is 35.5 Å². The Balaban J connectivity index is 2.40. The van der Waals surface area contributed by atoms with Crippen LogP contribution in [0.1, 0.15) is 6.55 Å². The first-order chi connectivity index (χ1) is 11.2. The van der Waals surface area contributed by atoms with Gasteiger partial charge in [-0.1, -0.05) is 6.07 Å². The van der Waals surface area contributed by atoms with E-state index in [1.807, 2.05) is 19.0 Å². The lowest BCUT2D eigenvalue weighted by Crippen LogP contribution is -2.31. The van der Waals surface area contributed by atoms with Crippen molar-refractivity contribution in [1.82, 2.24) is 19.4 Å². The molecule has 3 N–H and O–H groups in total. The smallest absolute Gasteiger partial charge is 0.333 e. The highest BCUT2D eigenvalue weighted by Gasteiger charge is 2.21. The Bertz CT molecular complexity index is 805. The molecule has 0 bridgehead atoms. The molecule has 2 rings (SSSR count). The van der Waals surface area contributed by atoms with Gasteiger partial charge < -0.3 is 10.6 Å². The summed E-state index contributed by atoms with van der Waals surface area (Å²) in [5, 5.41) is 3.54. The van der Waals surface area contributed by atoms with Crippen molar-refractivity contribution in [2.45, 2.75) is 11.4 Å². The van der Waals surface area contributed by atoms with Crippen molar-refractivity contribution in [3.8, 4) is 11.1 Å². The van der Waals surface area contributed by atoms with Crippen molar-refractivity contribution in [2.75, 3.05) is 32.9 Å².